The van der Waals surface area contributed by atoms with E-state index in [0.29, 0.717) is 23.6 Å². The molecule has 0 aliphatic carbocycles. The van der Waals surface area contributed by atoms with Crippen molar-refractivity contribution in [3.05, 3.63) is 52.5 Å². The van der Waals surface area contributed by atoms with Crippen LogP contribution in [0.2, 0.25) is 0 Å². The van der Waals surface area contributed by atoms with Crippen molar-refractivity contribution in [3.63, 3.8) is 0 Å². The third-order valence-corrected chi connectivity index (χ3v) is 4.83. The minimum atomic E-state index is -0.368. The second-order valence-electron chi connectivity index (χ2n) is 6.38. The summed E-state index contributed by atoms with van der Waals surface area (Å²) >= 11 is 8.66. The zero-order chi connectivity index (χ0) is 21.4. The molecule has 0 saturated heterocycles. The molecule has 2 amide bonds. The largest absolute Gasteiger partial charge is 0.493 e. The number of carbonyl (C=O) groups excluding carboxylic acids is 2. The van der Waals surface area contributed by atoms with Gasteiger partial charge in [0.2, 0.25) is 5.91 Å². The van der Waals surface area contributed by atoms with E-state index >= 15 is 0 Å². The first-order valence-corrected chi connectivity index (χ1v) is 10.4. The summed E-state index contributed by atoms with van der Waals surface area (Å²) in [5.74, 6) is 0.0580. The molecule has 2 aromatic rings. The first-order valence-electron chi connectivity index (χ1n) is 9.21. The van der Waals surface area contributed by atoms with Crippen LogP contribution in [0.3, 0.4) is 0 Å². The van der Waals surface area contributed by atoms with E-state index in [1.54, 1.807) is 37.4 Å². The summed E-state index contributed by atoms with van der Waals surface area (Å²) in [7, 11) is 1.69. The number of benzene rings is 2. The lowest BCUT2D eigenvalue weighted by Gasteiger charge is -2.17. The topological polar surface area (TPSA) is 70.7 Å². The number of anilines is 2. The number of ether oxygens (including phenoxy) is 1. The van der Waals surface area contributed by atoms with E-state index < -0.39 is 0 Å². The Morgan fingerprint density at radius 1 is 1.21 bits per heavy atom. The number of thiocarbonyl (C=S) groups is 1. The van der Waals surface area contributed by atoms with Crippen molar-refractivity contribution < 1.29 is 14.3 Å². The van der Waals surface area contributed by atoms with Crippen LogP contribution in [0.15, 0.2) is 46.9 Å². The number of nitrogens with one attached hydrogen (secondary N) is 2. The predicted molar refractivity (Wildman–Crippen MR) is 124 cm³/mol. The number of amides is 2. The molecule has 0 unspecified atom stereocenters. The van der Waals surface area contributed by atoms with Crippen molar-refractivity contribution in [1.82, 2.24) is 5.32 Å². The zero-order valence-corrected chi connectivity index (χ0v) is 19.0. The van der Waals surface area contributed by atoms with Crippen molar-refractivity contribution in [1.29, 1.82) is 0 Å². The number of rotatable bonds is 7. The van der Waals surface area contributed by atoms with E-state index in [0.717, 1.165) is 23.0 Å². The fourth-order valence-electron chi connectivity index (χ4n) is 2.44. The maximum atomic E-state index is 12.7. The van der Waals surface area contributed by atoms with Crippen LogP contribution in [0, 0.1) is 0 Å². The number of halogens is 1. The van der Waals surface area contributed by atoms with Gasteiger partial charge < -0.3 is 15.0 Å². The Hall–Kier alpha value is -2.45. The highest BCUT2D eigenvalue weighted by Gasteiger charge is 2.15. The van der Waals surface area contributed by atoms with E-state index in [1.807, 2.05) is 12.1 Å². The third-order valence-electron chi connectivity index (χ3n) is 4.13. The van der Waals surface area contributed by atoms with Crippen molar-refractivity contribution in [2.24, 2.45) is 0 Å². The highest BCUT2D eigenvalue weighted by molar-refractivity contribution is 9.10. The van der Waals surface area contributed by atoms with Gasteiger partial charge in [0, 0.05) is 29.8 Å². The summed E-state index contributed by atoms with van der Waals surface area (Å²) in [6.45, 7) is 4.10. The first-order chi connectivity index (χ1) is 13.8. The highest BCUT2D eigenvalue weighted by atomic mass is 79.9. The SMILES string of the molecule is CCCCOc1ccc(Br)cc1C(=O)NC(=S)Nc1cccc(N(C)C(C)=O)c1. The van der Waals surface area contributed by atoms with Crippen molar-refractivity contribution in [2.75, 3.05) is 23.9 Å². The van der Waals surface area contributed by atoms with Crippen LogP contribution in [-0.2, 0) is 4.79 Å². The molecule has 0 saturated carbocycles. The van der Waals surface area contributed by atoms with E-state index in [4.69, 9.17) is 17.0 Å². The molecule has 0 bridgehead atoms. The molecule has 154 valence electrons. The maximum absolute atomic E-state index is 12.7. The van der Waals surface area contributed by atoms with Gasteiger partial charge in [-0.2, -0.15) is 0 Å². The van der Waals surface area contributed by atoms with Gasteiger partial charge in [0.05, 0.1) is 12.2 Å². The number of hydrogen-bond acceptors (Lipinski definition) is 4. The Kier molecular flexibility index (Phi) is 8.60. The van der Waals surface area contributed by atoms with Gasteiger partial charge in [0.25, 0.3) is 5.91 Å². The lowest BCUT2D eigenvalue weighted by molar-refractivity contribution is -0.116. The second kappa shape index (κ2) is 10.9. The van der Waals surface area contributed by atoms with E-state index in [1.165, 1.54) is 11.8 Å². The molecule has 6 nitrogen and oxygen atoms in total. The van der Waals surface area contributed by atoms with Gasteiger partial charge in [-0.15, -0.1) is 0 Å². The number of hydrogen-bond donors (Lipinski definition) is 2. The van der Waals surface area contributed by atoms with Gasteiger partial charge in [-0.25, -0.2) is 0 Å². The lowest BCUT2D eigenvalue weighted by atomic mass is 10.2. The Labute approximate surface area is 184 Å². The fraction of sp³-hybridized carbons (Fsp3) is 0.286. The average molecular weight is 478 g/mol. The molecule has 0 spiro atoms. The molecule has 0 radical (unpaired) electrons. The van der Waals surface area contributed by atoms with E-state index in [-0.39, 0.29) is 16.9 Å². The molecule has 0 fully saturated rings. The molecule has 0 aliphatic heterocycles. The van der Waals surface area contributed by atoms with Crippen LogP contribution >= 0.6 is 28.1 Å². The van der Waals surface area contributed by atoms with Crippen LogP contribution in [-0.4, -0.2) is 30.6 Å². The molecule has 2 aromatic carbocycles. The van der Waals surface area contributed by atoms with E-state index in [2.05, 4.69) is 33.5 Å². The van der Waals surface area contributed by atoms with Gasteiger partial charge in [0.15, 0.2) is 5.11 Å². The molecule has 0 aromatic heterocycles. The first kappa shape index (κ1) is 22.8. The maximum Gasteiger partial charge on any atom is 0.261 e. The Morgan fingerprint density at radius 3 is 2.66 bits per heavy atom. The zero-order valence-electron chi connectivity index (χ0n) is 16.6. The Balaban J connectivity index is 2.08. The Morgan fingerprint density at radius 2 is 1.97 bits per heavy atom. The minimum Gasteiger partial charge on any atom is -0.493 e. The summed E-state index contributed by atoms with van der Waals surface area (Å²) in [5, 5.41) is 5.80. The summed E-state index contributed by atoms with van der Waals surface area (Å²) < 4.78 is 6.50. The molecular formula is C21H24BrN3O3S. The highest BCUT2D eigenvalue weighted by Crippen LogP contribution is 2.24. The number of nitrogens with zero attached hydrogens (tertiary/aromatic N) is 1. The lowest BCUT2D eigenvalue weighted by Crippen LogP contribution is -2.34. The number of carbonyl (C=O) groups is 2. The van der Waals surface area contributed by atoms with Gasteiger partial charge in [-0.1, -0.05) is 35.3 Å². The van der Waals surface area contributed by atoms with Gasteiger partial charge in [-0.3, -0.25) is 14.9 Å². The molecule has 0 atom stereocenters. The third kappa shape index (κ3) is 6.83. The monoisotopic (exact) mass is 477 g/mol. The summed E-state index contributed by atoms with van der Waals surface area (Å²) in [6, 6.07) is 12.5. The van der Waals surface area contributed by atoms with Crippen LogP contribution < -0.4 is 20.3 Å². The van der Waals surface area contributed by atoms with Crippen LogP contribution in [0.4, 0.5) is 11.4 Å². The molecule has 2 N–H and O–H groups in total. The standard InChI is InChI=1S/C21H24BrN3O3S/c1-4-5-11-28-19-10-9-15(22)12-18(19)20(27)24-21(29)23-16-7-6-8-17(13-16)25(3)14(2)26/h6-10,12-13H,4-5,11H2,1-3H3,(H2,23,24,27,29). The summed E-state index contributed by atoms with van der Waals surface area (Å²) in [6.07, 6.45) is 1.91. The molecule has 29 heavy (non-hydrogen) atoms. The Bertz CT molecular complexity index is 904. The van der Waals surface area contributed by atoms with Crippen LogP contribution in [0.25, 0.3) is 0 Å². The minimum absolute atomic E-state index is 0.0803. The normalized spacial score (nSPS) is 10.2. The smallest absolute Gasteiger partial charge is 0.261 e. The molecular weight excluding hydrogens is 454 g/mol. The second-order valence-corrected chi connectivity index (χ2v) is 7.70. The molecule has 0 aliphatic rings. The fourth-order valence-corrected chi connectivity index (χ4v) is 3.01. The summed E-state index contributed by atoms with van der Waals surface area (Å²) in [4.78, 5) is 25.8. The van der Waals surface area contributed by atoms with E-state index in [9.17, 15) is 9.59 Å². The van der Waals surface area contributed by atoms with Crippen molar-refractivity contribution >= 4 is 56.4 Å². The molecule has 0 heterocycles. The predicted octanol–water partition coefficient (Wildman–Crippen LogP) is 4.74. The molecule has 2 rings (SSSR count). The van der Waals surface area contributed by atoms with Crippen LogP contribution in [0.1, 0.15) is 37.0 Å². The van der Waals surface area contributed by atoms with Gasteiger partial charge >= 0.3 is 0 Å². The quantitative estimate of drug-likeness (QED) is 0.445. The molecule has 8 heteroatoms. The van der Waals surface area contributed by atoms with Gasteiger partial charge in [0.1, 0.15) is 5.75 Å². The van der Waals surface area contributed by atoms with Crippen molar-refractivity contribution in [2.45, 2.75) is 26.7 Å². The average Bonchev–Trinajstić information content (AvgIpc) is 2.68. The number of unbranched alkanes of at least 4 members (excludes halogenated alkanes) is 1. The van der Waals surface area contributed by atoms with Gasteiger partial charge in [-0.05, 0) is 55.0 Å². The van der Waals surface area contributed by atoms with Crippen LogP contribution in [0.5, 0.6) is 5.75 Å². The summed E-state index contributed by atoms with van der Waals surface area (Å²) in [5.41, 5.74) is 1.77. The van der Waals surface area contributed by atoms with Crippen molar-refractivity contribution in [3.8, 4) is 5.75 Å².